The molecule has 0 aromatic carbocycles. The van der Waals surface area contributed by atoms with Gasteiger partial charge in [-0.1, -0.05) is 30.1 Å². The summed E-state index contributed by atoms with van der Waals surface area (Å²) >= 11 is 13.4. The molecule has 0 aliphatic heterocycles. The van der Waals surface area contributed by atoms with Crippen LogP contribution in [-0.2, 0) is 11.2 Å². The lowest BCUT2D eigenvalue weighted by atomic mass is 10.0. The van der Waals surface area contributed by atoms with Crippen molar-refractivity contribution >= 4 is 40.3 Å². The number of Topliss-reactive ketones (excluding diaryl/α,β-unsaturated/α-hetero) is 1. The topological polar surface area (TPSA) is 63.0 Å². The molecule has 2 aromatic rings. The van der Waals surface area contributed by atoms with Crippen LogP contribution >= 0.6 is 34.5 Å². The molecule has 0 saturated heterocycles. The Labute approximate surface area is 142 Å². The number of hydrogen-bond donors (Lipinski definition) is 0. The third-order valence-corrected chi connectivity index (χ3v) is 4.39. The quantitative estimate of drug-likeness (QED) is 0.791. The molecule has 7 heteroatoms. The van der Waals surface area contributed by atoms with Crippen molar-refractivity contribution in [2.75, 3.05) is 6.61 Å². The lowest BCUT2D eigenvalue weighted by Crippen LogP contribution is -2.10. The highest BCUT2D eigenvalue weighted by molar-refractivity contribution is 7.20. The Morgan fingerprint density at radius 3 is 2.68 bits per heavy atom. The van der Waals surface area contributed by atoms with E-state index < -0.39 is 0 Å². The van der Waals surface area contributed by atoms with Crippen LogP contribution in [0.5, 0.6) is 5.88 Å². The van der Waals surface area contributed by atoms with Gasteiger partial charge in [-0.25, -0.2) is 4.98 Å². The van der Waals surface area contributed by atoms with Gasteiger partial charge in [-0.15, -0.1) is 11.3 Å². The molecule has 0 aliphatic rings. The smallest absolute Gasteiger partial charge is 0.232 e. The minimum absolute atomic E-state index is 0.133. The van der Waals surface area contributed by atoms with E-state index in [-0.39, 0.29) is 18.3 Å². The number of thiophene rings is 1. The molecule has 2 rings (SSSR count). The number of hydrogen-bond acceptors (Lipinski definition) is 5. The highest BCUT2D eigenvalue weighted by Crippen LogP contribution is 2.39. The molecule has 2 heterocycles. The summed E-state index contributed by atoms with van der Waals surface area (Å²) in [6.07, 6.45) is 0.629. The first-order valence-corrected chi connectivity index (χ1v) is 8.05. The average molecular weight is 355 g/mol. The minimum Gasteiger partial charge on any atom is -0.469 e. The Morgan fingerprint density at radius 1 is 1.45 bits per heavy atom. The number of carbonyl (C=O) groups is 1. The molecule has 2 aromatic heterocycles. The molecule has 0 aliphatic carbocycles. The van der Waals surface area contributed by atoms with Crippen molar-refractivity contribution in [3.8, 4) is 23.2 Å². The number of nitriles is 1. The molecule has 0 spiro atoms. The van der Waals surface area contributed by atoms with E-state index in [0.717, 1.165) is 5.56 Å². The highest BCUT2D eigenvalue weighted by Gasteiger charge is 2.17. The molecular weight excluding hydrogens is 343 g/mol. The largest absolute Gasteiger partial charge is 0.469 e. The summed E-state index contributed by atoms with van der Waals surface area (Å²) in [7, 11) is 0. The zero-order valence-corrected chi connectivity index (χ0v) is 14.3. The van der Waals surface area contributed by atoms with E-state index in [1.165, 1.54) is 18.3 Å². The molecule has 0 radical (unpaired) electrons. The third kappa shape index (κ3) is 3.58. The second kappa shape index (κ2) is 7.10. The van der Waals surface area contributed by atoms with E-state index in [2.05, 4.69) is 11.1 Å². The Kier molecular flexibility index (Phi) is 5.41. The van der Waals surface area contributed by atoms with Gasteiger partial charge in [0.15, 0.2) is 5.78 Å². The zero-order valence-electron chi connectivity index (χ0n) is 11.9. The van der Waals surface area contributed by atoms with Gasteiger partial charge in [0, 0.05) is 5.56 Å². The van der Waals surface area contributed by atoms with E-state index in [4.69, 9.17) is 27.9 Å². The maximum Gasteiger partial charge on any atom is 0.232 e. The Hall–Kier alpha value is -1.61. The molecular formula is C15H12Cl2N2O2S. The number of aryl methyl sites for hydroxylation is 1. The molecule has 0 fully saturated rings. The van der Waals surface area contributed by atoms with Crippen LogP contribution in [0.4, 0.5) is 0 Å². The Morgan fingerprint density at radius 2 is 2.18 bits per heavy atom. The summed E-state index contributed by atoms with van der Waals surface area (Å²) in [5.41, 5.74) is 2.38. The Balaban J connectivity index is 2.57. The van der Waals surface area contributed by atoms with Crippen LogP contribution in [0, 0.1) is 11.3 Å². The molecule has 0 saturated carbocycles. The standard InChI is InChI=1S/C15H12Cl2N2O2S/c1-3-9-4-12(10-5-13(16)22-14(10)17)19-15(11(9)6-18)21-7-8(2)20/h4-5H,3,7H2,1-2H3. The minimum atomic E-state index is -0.147. The predicted octanol–water partition coefficient (Wildman–Crippen LogP) is 4.52. The van der Waals surface area contributed by atoms with Gasteiger partial charge >= 0.3 is 0 Å². The first kappa shape index (κ1) is 16.8. The van der Waals surface area contributed by atoms with Crippen LogP contribution in [0.3, 0.4) is 0 Å². The van der Waals surface area contributed by atoms with Crippen molar-refractivity contribution < 1.29 is 9.53 Å². The van der Waals surface area contributed by atoms with Crippen LogP contribution in [-0.4, -0.2) is 17.4 Å². The van der Waals surface area contributed by atoms with Gasteiger partial charge in [-0.2, -0.15) is 5.26 Å². The van der Waals surface area contributed by atoms with Gasteiger partial charge in [0.2, 0.25) is 5.88 Å². The van der Waals surface area contributed by atoms with Crippen molar-refractivity contribution in [3.63, 3.8) is 0 Å². The predicted molar refractivity (Wildman–Crippen MR) is 87.8 cm³/mol. The van der Waals surface area contributed by atoms with Gasteiger partial charge in [0.05, 0.1) is 10.0 Å². The lowest BCUT2D eigenvalue weighted by Gasteiger charge is -2.11. The number of carbonyl (C=O) groups excluding carboxylic acids is 1. The summed E-state index contributed by atoms with van der Waals surface area (Å²) in [6.45, 7) is 3.20. The van der Waals surface area contributed by atoms with Crippen LogP contribution in [0.2, 0.25) is 8.67 Å². The number of rotatable bonds is 5. The van der Waals surface area contributed by atoms with Gasteiger partial charge in [-0.3, -0.25) is 4.79 Å². The number of pyridine rings is 1. The van der Waals surface area contributed by atoms with Gasteiger partial charge in [-0.05, 0) is 31.0 Å². The molecule has 4 nitrogen and oxygen atoms in total. The number of ketones is 1. The van der Waals surface area contributed by atoms with Crippen molar-refractivity contribution in [1.82, 2.24) is 4.98 Å². The third-order valence-electron chi connectivity index (χ3n) is 2.91. The second-order valence-corrected chi connectivity index (χ2v) is 6.83. The summed E-state index contributed by atoms with van der Waals surface area (Å²) in [6, 6.07) is 5.60. The van der Waals surface area contributed by atoms with Gasteiger partial charge in [0.1, 0.15) is 22.6 Å². The molecule has 114 valence electrons. The summed E-state index contributed by atoms with van der Waals surface area (Å²) in [5.74, 6) is -0.00353. The number of ether oxygens (including phenoxy) is 1. The average Bonchev–Trinajstić information content (AvgIpc) is 2.82. The van der Waals surface area contributed by atoms with Crippen LogP contribution in [0.1, 0.15) is 25.0 Å². The number of halogens is 2. The number of aromatic nitrogens is 1. The first-order valence-electron chi connectivity index (χ1n) is 6.47. The van der Waals surface area contributed by atoms with Gasteiger partial charge in [0.25, 0.3) is 0 Å². The van der Waals surface area contributed by atoms with E-state index in [1.54, 1.807) is 12.1 Å². The lowest BCUT2D eigenvalue weighted by molar-refractivity contribution is -0.119. The Bertz CT molecular complexity index is 766. The van der Waals surface area contributed by atoms with Gasteiger partial charge < -0.3 is 4.74 Å². The molecule has 0 atom stereocenters. The van der Waals surface area contributed by atoms with Crippen LogP contribution < -0.4 is 4.74 Å². The fourth-order valence-electron chi connectivity index (χ4n) is 1.90. The van der Waals surface area contributed by atoms with Crippen molar-refractivity contribution in [1.29, 1.82) is 5.26 Å². The summed E-state index contributed by atoms with van der Waals surface area (Å²) < 4.78 is 6.45. The molecule has 0 bridgehead atoms. The second-order valence-electron chi connectivity index (χ2n) is 4.54. The van der Waals surface area contributed by atoms with Crippen LogP contribution in [0.25, 0.3) is 11.3 Å². The zero-order chi connectivity index (χ0) is 16.3. The fourth-order valence-corrected chi connectivity index (χ4v) is 3.38. The maximum atomic E-state index is 11.1. The van der Waals surface area contributed by atoms with E-state index in [1.807, 2.05) is 6.92 Å². The fraction of sp³-hybridized carbons (Fsp3) is 0.267. The van der Waals surface area contributed by atoms with Crippen molar-refractivity contribution in [2.24, 2.45) is 0 Å². The highest BCUT2D eigenvalue weighted by atomic mass is 35.5. The van der Waals surface area contributed by atoms with Crippen molar-refractivity contribution in [3.05, 3.63) is 31.9 Å². The summed E-state index contributed by atoms with van der Waals surface area (Å²) in [5, 5.41) is 9.32. The van der Waals surface area contributed by atoms with Crippen molar-refractivity contribution in [2.45, 2.75) is 20.3 Å². The molecule has 22 heavy (non-hydrogen) atoms. The van der Waals surface area contributed by atoms with E-state index in [9.17, 15) is 10.1 Å². The van der Waals surface area contributed by atoms with Crippen LogP contribution in [0.15, 0.2) is 12.1 Å². The number of nitrogens with zero attached hydrogens (tertiary/aromatic N) is 2. The molecule has 0 amide bonds. The first-order chi connectivity index (χ1) is 10.5. The molecule has 0 N–H and O–H groups in total. The maximum absolute atomic E-state index is 11.1. The normalized spacial score (nSPS) is 10.3. The SMILES string of the molecule is CCc1cc(-c2cc(Cl)sc2Cl)nc(OCC(C)=O)c1C#N. The molecule has 0 unspecified atom stereocenters. The monoisotopic (exact) mass is 354 g/mol. The summed E-state index contributed by atoms with van der Waals surface area (Å²) in [4.78, 5) is 15.4. The van der Waals surface area contributed by atoms with E-state index in [0.29, 0.717) is 31.9 Å². The van der Waals surface area contributed by atoms with E-state index >= 15 is 0 Å².